The maximum atomic E-state index is 12.2. The molecule has 0 saturated carbocycles. The Balaban J connectivity index is 1.81. The van der Waals surface area contributed by atoms with Crippen LogP contribution in [0.3, 0.4) is 0 Å². The first-order valence-electron chi connectivity index (χ1n) is 8.07. The van der Waals surface area contributed by atoms with Gasteiger partial charge in [-0.15, -0.1) is 11.3 Å². The van der Waals surface area contributed by atoms with Gasteiger partial charge in [-0.2, -0.15) is 5.10 Å². The topological polar surface area (TPSA) is 38.1 Å². The molecule has 0 N–H and O–H groups in total. The van der Waals surface area contributed by atoms with Crippen LogP contribution >= 0.6 is 11.3 Å². The van der Waals surface area contributed by atoms with E-state index in [2.05, 4.69) is 48.1 Å². The lowest BCUT2D eigenvalue weighted by Gasteiger charge is -2.21. The molecule has 2 heterocycles. The molecule has 0 unspecified atom stereocenters. The van der Waals surface area contributed by atoms with Crippen molar-refractivity contribution in [1.82, 2.24) is 14.7 Å². The monoisotopic (exact) mass is 339 g/mol. The number of hydrogen-bond donors (Lipinski definition) is 0. The Morgan fingerprint density at radius 2 is 1.88 bits per heavy atom. The zero-order chi connectivity index (χ0) is 16.9. The third kappa shape index (κ3) is 3.99. The molecule has 0 spiro atoms. The van der Waals surface area contributed by atoms with Crippen molar-refractivity contribution in [3.63, 3.8) is 0 Å². The van der Waals surface area contributed by atoms with Gasteiger partial charge in [-0.25, -0.2) is 4.68 Å². The van der Waals surface area contributed by atoms with Gasteiger partial charge in [0.2, 0.25) is 0 Å². The highest BCUT2D eigenvalue weighted by Gasteiger charge is 2.09. The molecule has 24 heavy (non-hydrogen) atoms. The van der Waals surface area contributed by atoms with E-state index in [9.17, 15) is 4.79 Å². The van der Waals surface area contributed by atoms with Gasteiger partial charge < -0.3 is 0 Å². The number of rotatable bonds is 6. The summed E-state index contributed by atoms with van der Waals surface area (Å²) >= 11 is 1.69. The van der Waals surface area contributed by atoms with Crippen molar-refractivity contribution in [2.75, 3.05) is 6.54 Å². The molecule has 1 aromatic carbocycles. The van der Waals surface area contributed by atoms with Gasteiger partial charge in [0.25, 0.3) is 5.56 Å². The molecule has 0 aliphatic rings. The minimum Gasteiger partial charge on any atom is -0.280 e. The molecule has 0 aliphatic carbocycles. The van der Waals surface area contributed by atoms with E-state index < -0.39 is 0 Å². The largest absolute Gasteiger partial charge is 0.280 e. The zero-order valence-corrected chi connectivity index (χ0v) is 14.8. The lowest BCUT2D eigenvalue weighted by atomic mass is 10.2. The third-order valence-corrected chi connectivity index (χ3v) is 4.91. The zero-order valence-electron chi connectivity index (χ0n) is 14.0. The van der Waals surface area contributed by atoms with Gasteiger partial charge >= 0.3 is 0 Å². The van der Waals surface area contributed by atoms with Crippen LogP contribution in [0.1, 0.15) is 17.4 Å². The number of hydrogen-bond acceptors (Lipinski definition) is 4. The van der Waals surface area contributed by atoms with Crippen LogP contribution in [-0.4, -0.2) is 21.2 Å². The van der Waals surface area contributed by atoms with Gasteiger partial charge in [-0.1, -0.05) is 37.3 Å². The molecule has 0 fully saturated rings. The molecule has 0 radical (unpaired) electrons. The fourth-order valence-electron chi connectivity index (χ4n) is 2.55. The molecule has 3 aromatic rings. The van der Waals surface area contributed by atoms with Crippen molar-refractivity contribution in [3.05, 3.63) is 75.4 Å². The third-order valence-electron chi connectivity index (χ3n) is 3.89. The number of aryl methyl sites for hydroxylation is 1. The lowest BCUT2D eigenvalue weighted by molar-refractivity contribution is 0.204. The van der Waals surface area contributed by atoms with Gasteiger partial charge in [0.15, 0.2) is 0 Å². The summed E-state index contributed by atoms with van der Waals surface area (Å²) in [6.45, 7) is 6.31. The van der Waals surface area contributed by atoms with E-state index in [0.29, 0.717) is 6.67 Å². The molecule has 5 heteroatoms. The first kappa shape index (κ1) is 16.6. The van der Waals surface area contributed by atoms with Crippen molar-refractivity contribution < 1.29 is 0 Å². The van der Waals surface area contributed by atoms with E-state index in [1.807, 2.05) is 18.2 Å². The fourth-order valence-corrected chi connectivity index (χ4v) is 3.38. The van der Waals surface area contributed by atoms with Crippen LogP contribution in [0, 0.1) is 6.92 Å². The first-order chi connectivity index (χ1) is 11.7. The summed E-state index contributed by atoms with van der Waals surface area (Å²) < 4.78 is 1.55. The van der Waals surface area contributed by atoms with Crippen molar-refractivity contribution in [1.29, 1.82) is 0 Å². The lowest BCUT2D eigenvalue weighted by Crippen LogP contribution is -2.33. The number of nitrogens with zero attached hydrogens (tertiary/aromatic N) is 3. The Hall–Kier alpha value is -2.24. The molecular weight excluding hydrogens is 318 g/mol. The number of benzene rings is 1. The molecule has 124 valence electrons. The molecule has 4 nitrogen and oxygen atoms in total. The van der Waals surface area contributed by atoms with Gasteiger partial charge in [0, 0.05) is 17.5 Å². The summed E-state index contributed by atoms with van der Waals surface area (Å²) in [4.78, 5) is 16.7. The van der Waals surface area contributed by atoms with E-state index in [1.165, 1.54) is 10.4 Å². The van der Waals surface area contributed by atoms with Gasteiger partial charge in [-0.3, -0.25) is 9.69 Å². The van der Waals surface area contributed by atoms with Gasteiger partial charge in [0.05, 0.1) is 11.5 Å². The summed E-state index contributed by atoms with van der Waals surface area (Å²) in [7, 11) is 0. The van der Waals surface area contributed by atoms with E-state index >= 15 is 0 Å². The highest BCUT2D eigenvalue weighted by Crippen LogP contribution is 2.25. The van der Waals surface area contributed by atoms with Crippen LogP contribution < -0.4 is 5.56 Å². The predicted octanol–water partition coefficient (Wildman–Crippen LogP) is 3.76. The Labute approximate surface area is 146 Å². The Morgan fingerprint density at radius 1 is 1.08 bits per heavy atom. The molecule has 0 atom stereocenters. The number of thiophene rings is 1. The van der Waals surface area contributed by atoms with Crippen LogP contribution in [0.5, 0.6) is 0 Å². The van der Waals surface area contributed by atoms with Crippen LogP contribution in [0.25, 0.3) is 10.6 Å². The summed E-state index contributed by atoms with van der Waals surface area (Å²) in [5.74, 6) is 0. The second kappa shape index (κ2) is 7.55. The predicted molar refractivity (Wildman–Crippen MR) is 99.1 cm³/mol. The van der Waals surface area contributed by atoms with Crippen LogP contribution in [0.15, 0.2) is 59.4 Å². The molecule has 0 aliphatic heterocycles. The smallest absolute Gasteiger partial charge is 0.268 e. The van der Waals surface area contributed by atoms with E-state index in [0.717, 1.165) is 23.7 Å². The summed E-state index contributed by atoms with van der Waals surface area (Å²) in [5.41, 5.74) is 2.01. The van der Waals surface area contributed by atoms with Crippen molar-refractivity contribution in [3.8, 4) is 10.6 Å². The van der Waals surface area contributed by atoms with E-state index in [4.69, 9.17) is 0 Å². The van der Waals surface area contributed by atoms with Crippen LogP contribution in [0.4, 0.5) is 0 Å². The second-order valence-electron chi connectivity index (χ2n) is 5.74. The first-order valence-corrected chi connectivity index (χ1v) is 8.88. The molecule has 0 bridgehead atoms. The highest BCUT2D eigenvalue weighted by atomic mass is 32.1. The summed E-state index contributed by atoms with van der Waals surface area (Å²) in [6.07, 6.45) is 0. The maximum Gasteiger partial charge on any atom is 0.268 e. The Morgan fingerprint density at radius 3 is 2.54 bits per heavy atom. The molecule has 3 rings (SSSR count). The number of aromatic nitrogens is 2. The average Bonchev–Trinajstić information content (AvgIpc) is 3.03. The minimum absolute atomic E-state index is 0.0708. The van der Waals surface area contributed by atoms with E-state index in [-0.39, 0.29) is 5.56 Å². The molecule has 0 amide bonds. The Kier molecular flexibility index (Phi) is 5.23. The molecular formula is C19H21N3OS. The fraction of sp³-hybridized carbons (Fsp3) is 0.263. The molecule has 0 saturated heterocycles. The maximum absolute atomic E-state index is 12.2. The van der Waals surface area contributed by atoms with Crippen molar-refractivity contribution >= 4 is 11.3 Å². The second-order valence-corrected chi connectivity index (χ2v) is 7.03. The van der Waals surface area contributed by atoms with Crippen molar-refractivity contribution in [2.45, 2.75) is 27.1 Å². The Bertz CT molecular complexity index is 854. The quantitative estimate of drug-likeness (QED) is 0.686. The van der Waals surface area contributed by atoms with E-state index in [1.54, 1.807) is 28.2 Å². The normalized spacial score (nSPS) is 11.1. The van der Waals surface area contributed by atoms with Crippen molar-refractivity contribution in [2.24, 2.45) is 0 Å². The highest BCUT2D eigenvalue weighted by molar-refractivity contribution is 7.15. The minimum atomic E-state index is -0.0708. The SMILES string of the molecule is CCN(Cc1ccccc1)Cn1nc(-c2ccc(C)s2)ccc1=O. The standard InChI is InChI=1S/C19H21N3OS/c1-3-21(13-16-7-5-4-6-8-16)14-22-19(23)12-10-17(20-22)18-11-9-15(2)24-18/h4-12H,3,13-14H2,1-2H3. The molecule has 2 aromatic heterocycles. The average molecular weight is 339 g/mol. The van der Waals surface area contributed by atoms with Gasteiger partial charge in [-0.05, 0) is 37.2 Å². The van der Waals surface area contributed by atoms with Crippen LogP contribution in [-0.2, 0) is 13.2 Å². The van der Waals surface area contributed by atoms with Crippen LogP contribution in [0.2, 0.25) is 0 Å². The summed E-state index contributed by atoms with van der Waals surface area (Å²) in [6, 6.07) is 17.8. The summed E-state index contributed by atoms with van der Waals surface area (Å²) in [5, 5.41) is 4.56. The van der Waals surface area contributed by atoms with Gasteiger partial charge in [0.1, 0.15) is 5.69 Å².